The summed E-state index contributed by atoms with van der Waals surface area (Å²) in [5.74, 6) is -0.265. The predicted molar refractivity (Wildman–Crippen MR) is 110 cm³/mol. The van der Waals surface area contributed by atoms with Crippen LogP contribution >= 0.6 is 0 Å². The molecule has 1 aromatic rings. The maximum Gasteiger partial charge on any atom is 0.252 e. The minimum Gasteiger partial charge on any atom is -0.379 e. The largest absolute Gasteiger partial charge is 0.379 e. The molecule has 0 saturated carbocycles. The van der Waals surface area contributed by atoms with Gasteiger partial charge in [-0.15, -0.1) is 0 Å². The number of morpholine rings is 1. The SMILES string of the molecule is CN1C(=O)C2(c3ccccc31)C(C(=O)NCCN1CCOCC1)CC1CCCN12. The molecule has 3 fully saturated rings. The van der Waals surface area contributed by atoms with Crippen molar-refractivity contribution in [1.82, 2.24) is 15.1 Å². The minimum absolute atomic E-state index is 0.0195. The highest BCUT2D eigenvalue weighted by atomic mass is 16.5. The van der Waals surface area contributed by atoms with E-state index < -0.39 is 5.54 Å². The highest BCUT2D eigenvalue weighted by Crippen LogP contribution is 2.56. The van der Waals surface area contributed by atoms with E-state index in [0.29, 0.717) is 12.6 Å². The molecular formula is C22H30N4O3. The normalized spacial score (nSPS) is 32.0. The fourth-order valence-corrected chi connectivity index (χ4v) is 5.95. The number of ether oxygens (including phenoxy) is 1. The van der Waals surface area contributed by atoms with E-state index in [1.807, 2.05) is 31.3 Å². The maximum atomic E-state index is 13.6. The molecule has 4 heterocycles. The number of nitrogens with zero attached hydrogens (tertiary/aromatic N) is 3. The van der Waals surface area contributed by atoms with Crippen molar-refractivity contribution < 1.29 is 14.3 Å². The lowest BCUT2D eigenvalue weighted by Crippen LogP contribution is -2.56. The third-order valence-corrected chi connectivity index (χ3v) is 7.30. The first-order valence-corrected chi connectivity index (χ1v) is 10.9. The van der Waals surface area contributed by atoms with Crippen LogP contribution < -0.4 is 10.2 Å². The molecule has 4 aliphatic rings. The van der Waals surface area contributed by atoms with Crippen molar-refractivity contribution in [2.45, 2.75) is 30.8 Å². The van der Waals surface area contributed by atoms with E-state index in [4.69, 9.17) is 4.74 Å². The van der Waals surface area contributed by atoms with Gasteiger partial charge in [0, 0.05) is 50.5 Å². The van der Waals surface area contributed by atoms with Crippen molar-refractivity contribution in [2.24, 2.45) is 5.92 Å². The monoisotopic (exact) mass is 398 g/mol. The maximum absolute atomic E-state index is 13.6. The van der Waals surface area contributed by atoms with Crippen LogP contribution in [-0.2, 0) is 19.9 Å². The van der Waals surface area contributed by atoms with Crippen molar-refractivity contribution in [3.05, 3.63) is 29.8 Å². The van der Waals surface area contributed by atoms with Crippen LogP contribution in [0.2, 0.25) is 0 Å². The van der Waals surface area contributed by atoms with E-state index in [2.05, 4.69) is 15.1 Å². The Bertz CT molecular complexity index is 809. The second kappa shape index (κ2) is 7.38. The molecule has 5 rings (SSSR count). The van der Waals surface area contributed by atoms with E-state index >= 15 is 0 Å². The quantitative estimate of drug-likeness (QED) is 0.813. The van der Waals surface area contributed by atoms with Gasteiger partial charge in [-0.3, -0.25) is 19.4 Å². The van der Waals surface area contributed by atoms with Crippen molar-refractivity contribution in [3.63, 3.8) is 0 Å². The van der Waals surface area contributed by atoms with Gasteiger partial charge in [-0.05, 0) is 31.9 Å². The number of hydrogen-bond acceptors (Lipinski definition) is 5. The standard InChI is InChI=1S/C22H30N4O3/c1-24-19-7-3-2-6-17(19)22(21(24)28)18(15-16-5-4-9-26(16)22)20(27)23-8-10-25-11-13-29-14-12-25/h2-3,6-7,16,18H,4-5,8-15H2,1H3,(H,23,27). The molecule has 3 atom stereocenters. The molecule has 1 aromatic carbocycles. The van der Waals surface area contributed by atoms with Crippen LogP contribution in [0.3, 0.4) is 0 Å². The molecule has 1 N–H and O–H groups in total. The number of likely N-dealkylation sites (N-methyl/N-ethyl adjacent to an activating group) is 1. The molecule has 7 heteroatoms. The van der Waals surface area contributed by atoms with E-state index in [9.17, 15) is 9.59 Å². The predicted octanol–water partition coefficient (Wildman–Crippen LogP) is 0.791. The molecule has 0 bridgehead atoms. The Morgan fingerprint density at radius 1 is 1.24 bits per heavy atom. The lowest BCUT2D eigenvalue weighted by Gasteiger charge is -2.37. The third-order valence-electron chi connectivity index (χ3n) is 7.30. The second-order valence-electron chi connectivity index (χ2n) is 8.67. The van der Waals surface area contributed by atoms with Gasteiger partial charge in [0.1, 0.15) is 5.54 Å². The summed E-state index contributed by atoms with van der Waals surface area (Å²) >= 11 is 0. The second-order valence-corrected chi connectivity index (χ2v) is 8.67. The molecule has 3 saturated heterocycles. The Balaban J connectivity index is 1.40. The molecule has 0 aliphatic carbocycles. The summed E-state index contributed by atoms with van der Waals surface area (Å²) in [4.78, 5) is 33.4. The fraction of sp³-hybridized carbons (Fsp3) is 0.636. The molecule has 0 aromatic heterocycles. The van der Waals surface area contributed by atoms with Crippen molar-refractivity contribution in [2.75, 3.05) is 57.9 Å². The van der Waals surface area contributed by atoms with Crippen molar-refractivity contribution in [1.29, 1.82) is 0 Å². The topological polar surface area (TPSA) is 65.1 Å². The van der Waals surface area contributed by atoms with Gasteiger partial charge in [0.25, 0.3) is 5.91 Å². The molecule has 7 nitrogen and oxygen atoms in total. The Morgan fingerprint density at radius 3 is 2.86 bits per heavy atom. The van der Waals surface area contributed by atoms with Crippen LogP contribution in [0.1, 0.15) is 24.8 Å². The first-order valence-electron chi connectivity index (χ1n) is 10.9. The van der Waals surface area contributed by atoms with Gasteiger partial charge < -0.3 is 15.0 Å². The summed E-state index contributed by atoms with van der Waals surface area (Å²) in [6.07, 6.45) is 2.92. The number of carbonyl (C=O) groups excluding carboxylic acids is 2. The number of fused-ring (bicyclic) bond motifs is 4. The zero-order chi connectivity index (χ0) is 20.0. The number of hydrogen-bond donors (Lipinski definition) is 1. The highest BCUT2D eigenvalue weighted by Gasteiger charge is 2.66. The van der Waals surface area contributed by atoms with Crippen molar-refractivity contribution >= 4 is 17.5 Å². The molecule has 0 radical (unpaired) electrons. The molecule has 156 valence electrons. The summed E-state index contributed by atoms with van der Waals surface area (Å²) in [6.45, 7) is 5.66. The molecule has 29 heavy (non-hydrogen) atoms. The summed E-state index contributed by atoms with van der Waals surface area (Å²) in [7, 11) is 1.84. The van der Waals surface area contributed by atoms with E-state index in [0.717, 1.165) is 69.9 Å². The van der Waals surface area contributed by atoms with Crippen LogP contribution in [0, 0.1) is 5.92 Å². The minimum atomic E-state index is -0.838. The summed E-state index contributed by atoms with van der Waals surface area (Å²) in [5, 5.41) is 3.16. The van der Waals surface area contributed by atoms with Gasteiger partial charge in [-0.1, -0.05) is 18.2 Å². The number of para-hydroxylation sites is 1. The van der Waals surface area contributed by atoms with Gasteiger partial charge in [-0.25, -0.2) is 0 Å². The van der Waals surface area contributed by atoms with Crippen molar-refractivity contribution in [3.8, 4) is 0 Å². The Kier molecular flexibility index (Phi) is 4.84. The number of carbonyl (C=O) groups is 2. The number of anilines is 1. The average molecular weight is 399 g/mol. The van der Waals surface area contributed by atoms with Crippen LogP contribution in [0.15, 0.2) is 24.3 Å². The summed E-state index contributed by atoms with van der Waals surface area (Å²) < 4.78 is 5.39. The molecule has 3 unspecified atom stereocenters. The Labute approximate surface area is 172 Å². The zero-order valence-electron chi connectivity index (χ0n) is 17.1. The Morgan fingerprint density at radius 2 is 2.03 bits per heavy atom. The molecule has 2 amide bonds. The van der Waals surface area contributed by atoms with Gasteiger partial charge >= 0.3 is 0 Å². The third kappa shape index (κ3) is 2.82. The van der Waals surface area contributed by atoms with Gasteiger partial charge in [0.2, 0.25) is 5.91 Å². The molecule has 1 spiro atoms. The highest BCUT2D eigenvalue weighted by molar-refractivity contribution is 6.10. The smallest absolute Gasteiger partial charge is 0.252 e. The lowest BCUT2D eigenvalue weighted by molar-refractivity contribution is -0.138. The lowest BCUT2D eigenvalue weighted by atomic mass is 9.78. The summed E-state index contributed by atoms with van der Waals surface area (Å²) in [5.41, 5.74) is 1.11. The van der Waals surface area contributed by atoms with E-state index in [1.165, 1.54) is 0 Å². The number of rotatable bonds is 4. The Hall–Kier alpha value is -1.96. The van der Waals surface area contributed by atoms with Crippen LogP contribution in [0.5, 0.6) is 0 Å². The first-order chi connectivity index (χ1) is 14.1. The molecular weight excluding hydrogens is 368 g/mol. The van der Waals surface area contributed by atoms with Crippen LogP contribution in [0.4, 0.5) is 5.69 Å². The van der Waals surface area contributed by atoms with Crippen LogP contribution in [0.25, 0.3) is 0 Å². The van der Waals surface area contributed by atoms with Gasteiger partial charge in [0.05, 0.1) is 19.1 Å². The van der Waals surface area contributed by atoms with Gasteiger partial charge in [0.15, 0.2) is 0 Å². The number of benzene rings is 1. The fourth-order valence-electron chi connectivity index (χ4n) is 5.95. The summed E-state index contributed by atoms with van der Waals surface area (Å²) in [6, 6.07) is 8.32. The first kappa shape index (κ1) is 19.0. The van der Waals surface area contributed by atoms with Crippen LogP contribution in [-0.4, -0.2) is 80.6 Å². The number of nitrogens with one attached hydrogen (secondary N) is 1. The van der Waals surface area contributed by atoms with E-state index in [-0.39, 0.29) is 17.7 Å². The van der Waals surface area contributed by atoms with Gasteiger partial charge in [-0.2, -0.15) is 0 Å². The van der Waals surface area contributed by atoms with E-state index in [1.54, 1.807) is 4.90 Å². The zero-order valence-corrected chi connectivity index (χ0v) is 17.1. The number of amides is 2. The average Bonchev–Trinajstić information content (AvgIpc) is 3.39. The molecule has 4 aliphatic heterocycles.